The summed E-state index contributed by atoms with van der Waals surface area (Å²) in [7, 11) is 0. The highest BCUT2D eigenvalue weighted by atomic mass is 15.0. The number of aromatic nitrogens is 1. The maximum Gasteiger partial charge on any atom is 0.0225 e. The Hall–Kier alpha value is -0.720. The predicted molar refractivity (Wildman–Crippen MR) is 77.2 cm³/mol. The zero-order chi connectivity index (χ0) is 12.4. The standard InChI is InChI=1S/C17H27N/c1-14-15-10-6-2-3-8-12-17(15)18-13-9-5-4-7-11-16(14)18/h2-13H2,1H3. The maximum absolute atomic E-state index is 2.73. The van der Waals surface area contributed by atoms with E-state index in [1.807, 2.05) is 0 Å². The van der Waals surface area contributed by atoms with Gasteiger partial charge in [-0.15, -0.1) is 0 Å². The van der Waals surface area contributed by atoms with Crippen LogP contribution in [0.1, 0.15) is 73.9 Å². The van der Waals surface area contributed by atoms with Crippen molar-refractivity contribution in [2.24, 2.45) is 0 Å². The second-order valence-electron chi connectivity index (χ2n) is 6.23. The van der Waals surface area contributed by atoms with Gasteiger partial charge in [-0.2, -0.15) is 0 Å². The lowest BCUT2D eigenvalue weighted by molar-refractivity contribution is 0.501. The van der Waals surface area contributed by atoms with Crippen molar-refractivity contribution >= 4 is 0 Å². The third-order valence-corrected chi connectivity index (χ3v) is 5.02. The van der Waals surface area contributed by atoms with Crippen molar-refractivity contribution in [3.05, 3.63) is 22.5 Å². The van der Waals surface area contributed by atoms with Crippen molar-refractivity contribution in [3.8, 4) is 0 Å². The summed E-state index contributed by atoms with van der Waals surface area (Å²) in [6.45, 7) is 3.69. The summed E-state index contributed by atoms with van der Waals surface area (Å²) < 4.78 is 2.73. The van der Waals surface area contributed by atoms with Crippen LogP contribution in [0.3, 0.4) is 0 Å². The predicted octanol–water partition coefficient (Wildman–Crippen LogP) is 4.57. The zero-order valence-electron chi connectivity index (χ0n) is 11.9. The van der Waals surface area contributed by atoms with Crippen molar-refractivity contribution < 1.29 is 0 Å². The van der Waals surface area contributed by atoms with E-state index in [-0.39, 0.29) is 0 Å². The zero-order valence-corrected chi connectivity index (χ0v) is 11.9. The molecule has 0 spiro atoms. The van der Waals surface area contributed by atoms with Gasteiger partial charge in [-0.3, -0.25) is 0 Å². The molecule has 0 saturated carbocycles. The summed E-state index contributed by atoms with van der Waals surface area (Å²) in [6.07, 6.45) is 15.4. The molecule has 1 nitrogen and oxygen atoms in total. The smallest absolute Gasteiger partial charge is 0.0225 e. The molecule has 0 N–H and O–H groups in total. The summed E-state index contributed by atoms with van der Waals surface area (Å²) in [4.78, 5) is 0. The molecule has 100 valence electrons. The first-order chi connectivity index (χ1) is 8.88. The van der Waals surface area contributed by atoms with Crippen LogP contribution in [-0.4, -0.2) is 4.57 Å². The van der Waals surface area contributed by atoms with Gasteiger partial charge in [0.05, 0.1) is 0 Å². The van der Waals surface area contributed by atoms with E-state index < -0.39 is 0 Å². The number of fused-ring (bicyclic) bond motifs is 3. The van der Waals surface area contributed by atoms with Crippen LogP contribution in [0.2, 0.25) is 0 Å². The van der Waals surface area contributed by atoms with Crippen LogP contribution in [0.4, 0.5) is 0 Å². The molecule has 1 aromatic rings. The van der Waals surface area contributed by atoms with Crippen LogP contribution in [0.5, 0.6) is 0 Å². The van der Waals surface area contributed by atoms with Gasteiger partial charge in [-0.25, -0.2) is 0 Å². The van der Waals surface area contributed by atoms with Gasteiger partial charge in [0.25, 0.3) is 0 Å². The number of hydrogen-bond acceptors (Lipinski definition) is 0. The topological polar surface area (TPSA) is 4.93 Å². The van der Waals surface area contributed by atoms with Crippen molar-refractivity contribution in [1.82, 2.24) is 4.57 Å². The molecule has 0 bridgehead atoms. The number of nitrogens with zero attached hydrogens (tertiary/aromatic N) is 1. The molecule has 0 saturated heterocycles. The molecule has 1 aliphatic carbocycles. The normalized spacial score (nSPS) is 21.2. The Morgan fingerprint density at radius 2 is 1.28 bits per heavy atom. The molecule has 1 aliphatic heterocycles. The Kier molecular flexibility index (Phi) is 3.77. The fraction of sp³-hybridized carbons (Fsp3) is 0.765. The lowest BCUT2D eigenvalue weighted by atomic mass is 9.96. The van der Waals surface area contributed by atoms with Gasteiger partial charge in [0.2, 0.25) is 0 Å². The lowest BCUT2D eigenvalue weighted by Gasteiger charge is -2.18. The van der Waals surface area contributed by atoms with Gasteiger partial charge in [-0.1, -0.05) is 25.7 Å². The van der Waals surface area contributed by atoms with Gasteiger partial charge in [0.15, 0.2) is 0 Å². The Morgan fingerprint density at radius 1 is 0.667 bits per heavy atom. The molecular weight excluding hydrogens is 218 g/mol. The van der Waals surface area contributed by atoms with E-state index >= 15 is 0 Å². The minimum absolute atomic E-state index is 1.30. The molecule has 0 fully saturated rings. The van der Waals surface area contributed by atoms with Gasteiger partial charge in [-0.05, 0) is 63.0 Å². The lowest BCUT2D eigenvalue weighted by Crippen LogP contribution is -2.11. The molecule has 0 atom stereocenters. The molecule has 18 heavy (non-hydrogen) atoms. The quantitative estimate of drug-likeness (QED) is 0.631. The van der Waals surface area contributed by atoms with Crippen LogP contribution in [0, 0.1) is 6.92 Å². The number of rotatable bonds is 0. The molecular formula is C17H27N. The second kappa shape index (κ2) is 5.50. The molecule has 2 heterocycles. The van der Waals surface area contributed by atoms with Crippen LogP contribution in [-0.2, 0) is 25.8 Å². The average Bonchev–Trinajstić information content (AvgIpc) is 2.50. The summed E-state index contributed by atoms with van der Waals surface area (Å²) in [5.41, 5.74) is 6.83. The molecule has 1 heteroatoms. The SMILES string of the molecule is Cc1c2c(n3c1CCCCCC3)CCCCCC2. The molecule has 1 aromatic heterocycles. The Labute approximate surface area is 112 Å². The van der Waals surface area contributed by atoms with Gasteiger partial charge in [0.1, 0.15) is 0 Å². The highest BCUT2D eigenvalue weighted by Gasteiger charge is 2.20. The Morgan fingerprint density at radius 3 is 2.06 bits per heavy atom. The Bertz CT molecular complexity index is 376. The van der Waals surface area contributed by atoms with Crippen molar-refractivity contribution in [2.45, 2.75) is 84.1 Å². The molecule has 0 amide bonds. The molecule has 0 radical (unpaired) electrons. The van der Waals surface area contributed by atoms with E-state index in [1.54, 1.807) is 22.5 Å². The molecule has 3 rings (SSSR count). The average molecular weight is 245 g/mol. The molecule has 0 unspecified atom stereocenters. The van der Waals surface area contributed by atoms with Gasteiger partial charge >= 0.3 is 0 Å². The first-order valence-corrected chi connectivity index (χ1v) is 8.07. The number of hydrogen-bond donors (Lipinski definition) is 0. The van der Waals surface area contributed by atoms with E-state index in [1.165, 1.54) is 77.2 Å². The summed E-state index contributed by atoms with van der Waals surface area (Å²) in [5, 5.41) is 0. The highest BCUT2D eigenvalue weighted by molar-refractivity contribution is 5.39. The van der Waals surface area contributed by atoms with Crippen molar-refractivity contribution in [2.75, 3.05) is 0 Å². The summed E-state index contributed by atoms with van der Waals surface area (Å²) >= 11 is 0. The summed E-state index contributed by atoms with van der Waals surface area (Å²) in [6, 6.07) is 0. The van der Waals surface area contributed by atoms with Crippen molar-refractivity contribution in [1.29, 1.82) is 0 Å². The second-order valence-corrected chi connectivity index (χ2v) is 6.23. The van der Waals surface area contributed by atoms with E-state index in [4.69, 9.17) is 0 Å². The minimum atomic E-state index is 1.30. The van der Waals surface area contributed by atoms with Crippen LogP contribution < -0.4 is 0 Å². The minimum Gasteiger partial charge on any atom is -0.348 e. The molecule has 2 aliphatic rings. The largest absolute Gasteiger partial charge is 0.348 e. The van der Waals surface area contributed by atoms with Gasteiger partial charge in [0, 0.05) is 17.9 Å². The third kappa shape index (κ3) is 2.24. The third-order valence-electron chi connectivity index (χ3n) is 5.02. The van der Waals surface area contributed by atoms with E-state index in [9.17, 15) is 0 Å². The Balaban J connectivity index is 2.02. The fourth-order valence-electron chi connectivity index (χ4n) is 3.99. The van der Waals surface area contributed by atoms with Crippen molar-refractivity contribution in [3.63, 3.8) is 0 Å². The maximum atomic E-state index is 2.73. The van der Waals surface area contributed by atoms with E-state index in [0.717, 1.165) is 0 Å². The fourth-order valence-corrected chi connectivity index (χ4v) is 3.99. The summed E-state index contributed by atoms with van der Waals surface area (Å²) in [5.74, 6) is 0. The molecule has 0 aromatic carbocycles. The van der Waals surface area contributed by atoms with E-state index in [2.05, 4.69) is 11.5 Å². The van der Waals surface area contributed by atoms with Crippen LogP contribution in [0.15, 0.2) is 0 Å². The van der Waals surface area contributed by atoms with E-state index in [0.29, 0.717) is 0 Å². The van der Waals surface area contributed by atoms with Crippen LogP contribution in [0.25, 0.3) is 0 Å². The first kappa shape index (κ1) is 12.3. The highest BCUT2D eigenvalue weighted by Crippen LogP contribution is 2.31. The van der Waals surface area contributed by atoms with Crippen LogP contribution >= 0.6 is 0 Å². The monoisotopic (exact) mass is 245 g/mol. The van der Waals surface area contributed by atoms with Gasteiger partial charge < -0.3 is 4.57 Å². The first-order valence-electron chi connectivity index (χ1n) is 8.07.